The lowest BCUT2D eigenvalue weighted by Gasteiger charge is -2.29. The maximum absolute atomic E-state index is 13.3. The van der Waals surface area contributed by atoms with Crippen molar-refractivity contribution in [3.05, 3.63) is 48.0 Å². The average molecular weight is 529 g/mol. The van der Waals surface area contributed by atoms with Gasteiger partial charge in [0.15, 0.2) is 0 Å². The number of carboxylic acid groups (broad SMARTS) is 1. The summed E-state index contributed by atoms with van der Waals surface area (Å²) < 4.78 is 0. The van der Waals surface area contributed by atoms with Gasteiger partial charge in [0.05, 0.1) is 12.4 Å². The Balaban J connectivity index is 1.73. The van der Waals surface area contributed by atoms with Gasteiger partial charge < -0.3 is 36.5 Å². The lowest BCUT2D eigenvalue weighted by Crippen LogP contribution is -2.57. The molecule has 2 aromatic rings. The first-order valence-electron chi connectivity index (χ1n) is 12.7. The average Bonchev–Trinajstić information content (AvgIpc) is 3.55. The van der Waals surface area contributed by atoms with Crippen LogP contribution in [0.5, 0.6) is 5.75 Å². The van der Waals surface area contributed by atoms with Crippen molar-refractivity contribution in [2.75, 3.05) is 6.54 Å². The molecule has 1 fully saturated rings. The zero-order chi connectivity index (χ0) is 27.8. The monoisotopic (exact) mass is 528 g/mol. The van der Waals surface area contributed by atoms with Crippen LogP contribution in [0, 0.1) is 5.92 Å². The predicted molar refractivity (Wildman–Crippen MR) is 138 cm³/mol. The number of phenols is 1. The van der Waals surface area contributed by atoms with E-state index in [1.165, 1.54) is 29.6 Å². The van der Waals surface area contributed by atoms with E-state index in [-0.39, 0.29) is 30.4 Å². The number of hydrogen-bond donors (Lipinski definition) is 6. The van der Waals surface area contributed by atoms with Gasteiger partial charge in [-0.25, -0.2) is 9.78 Å². The van der Waals surface area contributed by atoms with Crippen LogP contribution in [0.2, 0.25) is 0 Å². The zero-order valence-corrected chi connectivity index (χ0v) is 21.6. The number of imidazole rings is 1. The molecule has 12 nitrogen and oxygen atoms in total. The van der Waals surface area contributed by atoms with E-state index >= 15 is 0 Å². The second kappa shape index (κ2) is 13.0. The third-order valence-corrected chi connectivity index (χ3v) is 6.48. The first kappa shape index (κ1) is 28.6. The second-order valence-corrected chi connectivity index (χ2v) is 10.0. The molecule has 1 aromatic carbocycles. The highest BCUT2D eigenvalue weighted by atomic mass is 16.4. The molecule has 0 saturated carbocycles. The molecule has 1 aliphatic rings. The van der Waals surface area contributed by atoms with E-state index in [4.69, 9.17) is 5.73 Å². The zero-order valence-electron chi connectivity index (χ0n) is 21.6. The minimum absolute atomic E-state index is 0.0231. The Kier molecular flexibility index (Phi) is 9.83. The van der Waals surface area contributed by atoms with E-state index in [1.807, 2.05) is 13.8 Å². The predicted octanol–water partition coefficient (Wildman–Crippen LogP) is 0.319. The summed E-state index contributed by atoms with van der Waals surface area (Å²) in [5.41, 5.74) is 7.25. The Labute approximate surface area is 221 Å². The number of aromatic amines is 1. The lowest BCUT2D eigenvalue weighted by molar-refractivity contribution is -0.143. The Bertz CT molecular complexity index is 1100. The number of hydrogen-bond acceptors (Lipinski definition) is 7. The normalized spacial score (nSPS) is 17.6. The first-order chi connectivity index (χ1) is 18.0. The van der Waals surface area contributed by atoms with Crippen molar-refractivity contribution in [3.8, 4) is 5.75 Å². The number of phenolic OH excluding ortho intramolecular Hbond substituents is 1. The molecular weight excluding hydrogens is 492 g/mol. The molecular formula is C26H36N6O6. The molecule has 1 saturated heterocycles. The molecule has 1 aliphatic heterocycles. The van der Waals surface area contributed by atoms with Gasteiger partial charge in [0.2, 0.25) is 17.7 Å². The Morgan fingerprint density at radius 1 is 1.13 bits per heavy atom. The third-order valence-electron chi connectivity index (χ3n) is 6.48. The van der Waals surface area contributed by atoms with Crippen LogP contribution in [0.4, 0.5) is 0 Å². The van der Waals surface area contributed by atoms with E-state index in [9.17, 15) is 29.4 Å². The molecule has 12 heteroatoms. The van der Waals surface area contributed by atoms with Gasteiger partial charge in [-0.05, 0) is 42.9 Å². The fourth-order valence-corrected chi connectivity index (χ4v) is 4.56. The van der Waals surface area contributed by atoms with E-state index in [0.29, 0.717) is 37.1 Å². The van der Waals surface area contributed by atoms with Crippen molar-refractivity contribution >= 4 is 23.7 Å². The van der Waals surface area contributed by atoms with Crippen LogP contribution < -0.4 is 16.4 Å². The fourth-order valence-electron chi connectivity index (χ4n) is 4.56. The Hall–Kier alpha value is -3.93. The molecule has 4 atom stereocenters. The number of aromatic nitrogens is 2. The molecule has 0 aliphatic carbocycles. The summed E-state index contributed by atoms with van der Waals surface area (Å²) in [5, 5.41) is 24.4. The molecule has 7 N–H and O–H groups in total. The van der Waals surface area contributed by atoms with Crippen LogP contribution in [0.25, 0.3) is 0 Å². The van der Waals surface area contributed by atoms with E-state index in [0.717, 1.165) is 0 Å². The Morgan fingerprint density at radius 2 is 1.84 bits per heavy atom. The first-order valence-corrected chi connectivity index (χ1v) is 12.7. The van der Waals surface area contributed by atoms with Crippen LogP contribution in [0.15, 0.2) is 36.8 Å². The van der Waals surface area contributed by atoms with Crippen LogP contribution in [-0.4, -0.2) is 79.5 Å². The number of carbonyl (C=O) groups is 4. The number of H-pyrrole nitrogens is 1. The second-order valence-electron chi connectivity index (χ2n) is 10.0. The van der Waals surface area contributed by atoms with Crippen LogP contribution in [0.3, 0.4) is 0 Å². The number of likely N-dealkylation sites (tertiary alicyclic amines) is 1. The number of nitrogens with one attached hydrogen (secondary N) is 3. The minimum atomic E-state index is -1.27. The molecule has 0 radical (unpaired) electrons. The van der Waals surface area contributed by atoms with Crippen LogP contribution in [0.1, 0.15) is 44.4 Å². The number of amides is 3. The third kappa shape index (κ3) is 7.78. The van der Waals surface area contributed by atoms with Crippen molar-refractivity contribution in [2.45, 2.75) is 70.1 Å². The van der Waals surface area contributed by atoms with Crippen molar-refractivity contribution in [2.24, 2.45) is 11.7 Å². The summed E-state index contributed by atoms with van der Waals surface area (Å²) in [4.78, 5) is 59.7. The highest BCUT2D eigenvalue weighted by Gasteiger charge is 2.38. The minimum Gasteiger partial charge on any atom is -0.508 e. The van der Waals surface area contributed by atoms with E-state index in [1.54, 1.807) is 12.1 Å². The number of nitrogens with zero attached hydrogens (tertiary/aromatic N) is 2. The number of aliphatic carboxylic acids is 1. The van der Waals surface area contributed by atoms with Crippen molar-refractivity contribution in [3.63, 3.8) is 0 Å². The van der Waals surface area contributed by atoms with Gasteiger partial charge in [0.25, 0.3) is 0 Å². The smallest absolute Gasteiger partial charge is 0.326 e. The van der Waals surface area contributed by atoms with Crippen molar-refractivity contribution < 1.29 is 29.4 Å². The standard InChI is InChI=1S/C26H36N6O6/c1-15(2)10-19(27)25(36)32-9-3-4-22(32)24(35)30-20(12-17-13-28-14-29-17)23(34)31-21(26(37)38)11-16-5-7-18(33)8-6-16/h5-8,13-15,19-22,33H,3-4,9-12,27H2,1-2H3,(H,28,29)(H,30,35)(H,31,34)(H,37,38). The summed E-state index contributed by atoms with van der Waals surface area (Å²) in [7, 11) is 0. The number of aromatic hydroxyl groups is 1. The highest BCUT2D eigenvalue weighted by Crippen LogP contribution is 2.20. The summed E-state index contributed by atoms with van der Waals surface area (Å²) in [6, 6.07) is 2.11. The van der Waals surface area contributed by atoms with Gasteiger partial charge >= 0.3 is 5.97 Å². The molecule has 0 bridgehead atoms. The fraction of sp³-hybridized carbons (Fsp3) is 0.500. The van der Waals surface area contributed by atoms with Gasteiger partial charge in [0.1, 0.15) is 23.9 Å². The van der Waals surface area contributed by atoms with Crippen molar-refractivity contribution in [1.29, 1.82) is 0 Å². The maximum Gasteiger partial charge on any atom is 0.326 e. The lowest BCUT2D eigenvalue weighted by atomic mass is 10.0. The number of benzene rings is 1. The number of carboxylic acids is 1. The highest BCUT2D eigenvalue weighted by molar-refractivity contribution is 5.94. The quantitative estimate of drug-likeness (QED) is 0.227. The molecule has 2 heterocycles. The van der Waals surface area contributed by atoms with Gasteiger partial charge in [-0.1, -0.05) is 26.0 Å². The van der Waals surface area contributed by atoms with Gasteiger partial charge in [-0.3, -0.25) is 14.4 Å². The molecule has 3 rings (SSSR count). The summed E-state index contributed by atoms with van der Waals surface area (Å²) in [6.07, 6.45) is 4.51. The molecule has 4 unspecified atom stereocenters. The summed E-state index contributed by atoms with van der Waals surface area (Å²) >= 11 is 0. The number of rotatable bonds is 12. The largest absolute Gasteiger partial charge is 0.508 e. The molecule has 206 valence electrons. The molecule has 38 heavy (non-hydrogen) atoms. The van der Waals surface area contributed by atoms with Gasteiger partial charge in [-0.2, -0.15) is 0 Å². The maximum atomic E-state index is 13.3. The molecule has 0 spiro atoms. The van der Waals surface area contributed by atoms with E-state index < -0.39 is 42.0 Å². The summed E-state index contributed by atoms with van der Waals surface area (Å²) in [5.74, 6) is -2.48. The SMILES string of the molecule is CC(C)CC(N)C(=O)N1CCCC1C(=O)NC(Cc1cnc[nH]1)C(=O)NC(Cc1ccc(O)cc1)C(=O)O. The van der Waals surface area contributed by atoms with Crippen LogP contribution in [-0.2, 0) is 32.0 Å². The van der Waals surface area contributed by atoms with Gasteiger partial charge in [0, 0.05) is 31.3 Å². The van der Waals surface area contributed by atoms with E-state index in [2.05, 4.69) is 20.6 Å². The van der Waals surface area contributed by atoms with Gasteiger partial charge in [-0.15, -0.1) is 0 Å². The topological polar surface area (TPSA) is 191 Å². The molecule has 3 amide bonds. The summed E-state index contributed by atoms with van der Waals surface area (Å²) in [6.45, 7) is 4.33. The number of carbonyl (C=O) groups excluding carboxylic acids is 3. The van der Waals surface area contributed by atoms with Crippen LogP contribution >= 0.6 is 0 Å². The molecule has 1 aromatic heterocycles. The Morgan fingerprint density at radius 3 is 2.45 bits per heavy atom. The number of nitrogens with two attached hydrogens (primary N) is 1. The van der Waals surface area contributed by atoms with Crippen molar-refractivity contribution in [1.82, 2.24) is 25.5 Å².